The highest BCUT2D eigenvalue weighted by atomic mass is 32.1. The van der Waals surface area contributed by atoms with Crippen molar-refractivity contribution in [2.45, 2.75) is 32.1 Å². The summed E-state index contributed by atoms with van der Waals surface area (Å²) in [4.78, 5) is 44.4. The maximum Gasteiger partial charge on any atom is 0.347 e. The highest BCUT2D eigenvalue weighted by Crippen LogP contribution is 2.53. The predicted molar refractivity (Wildman–Crippen MR) is 91.9 cm³/mol. The first kappa shape index (κ1) is 16.5. The second-order valence-electron chi connectivity index (χ2n) is 7.26. The van der Waals surface area contributed by atoms with Crippen LogP contribution in [0.3, 0.4) is 0 Å². The Bertz CT molecular complexity index is 725. The van der Waals surface area contributed by atoms with Crippen molar-refractivity contribution in [1.82, 2.24) is 9.88 Å². The van der Waals surface area contributed by atoms with Gasteiger partial charge in [0, 0.05) is 39.0 Å². The molecule has 3 fully saturated rings. The number of carboxylic acid groups (broad SMARTS) is 1. The quantitative estimate of drug-likeness (QED) is 0.878. The summed E-state index contributed by atoms with van der Waals surface area (Å²) in [6.07, 6.45) is 5.26. The van der Waals surface area contributed by atoms with Gasteiger partial charge >= 0.3 is 5.97 Å². The number of aromatic nitrogens is 1. The van der Waals surface area contributed by atoms with Gasteiger partial charge in [0.25, 0.3) is 0 Å². The Balaban J connectivity index is 1.42. The number of aromatic carboxylic acids is 1. The fourth-order valence-corrected chi connectivity index (χ4v) is 5.46. The van der Waals surface area contributed by atoms with Crippen molar-refractivity contribution in [3.8, 4) is 0 Å². The summed E-state index contributed by atoms with van der Waals surface area (Å²) >= 11 is 1.16. The minimum Gasteiger partial charge on any atom is -0.477 e. The molecule has 0 aromatic carbocycles. The first-order valence-electron chi connectivity index (χ1n) is 8.75. The Hall–Kier alpha value is -1.96. The molecule has 8 heteroatoms. The molecule has 2 heterocycles. The number of fused-ring (bicyclic) bond motifs is 1. The maximum atomic E-state index is 13.2. The number of carboxylic acids is 1. The molecule has 1 N–H and O–H groups in total. The normalized spacial score (nSPS) is 29.1. The van der Waals surface area contributed by atoms with E-state index in [9.17, 15) is 14.4 Å². The van der Waals surface area contributed by atoms with Crippen LogP contribution in [0.1, 0.15) is 41.8 Å². The van der Waals surface area contributed by atoms with Crippen LogP contribution in [0.15, 0.2) is 6.20 Å². The van der Waals surface area contributed by atoms with Gasteiger partial charge in [0.2, 0.25) is 5.91 Å². The number of amides is 1. The molecule has 0 radical (unpaired) electrons. The van der Waals surface area contributed by atoms with E-state index < -0.39 is 11.4 Å². The van der Waals surface area contributed by atoms with Gasteiger partial charge < -0.3 is 14.9 Å². The molecular formula is C17H21N3O4S. The molecule has 0 bridgehead atoms. The van der Waals surface area contributed by atoms with Crippen molar-refractivity contribution in [2.24, 2.45) is 11.3 Å². The van der Waals surface area contributed by atoms with Crippen molar-refractivity contribution in [1.29, 1.82) is 0 Å². The summed E-state index contributed by atoms with van der Waals surface area (Å²) in [5.41, 5.74) is -0.434. The molecule has 4 rings (SSSR count). The fourth-order valence-electron chi connectivity index (χ4n) is 4.66. The van der Waals surface area contributed by atoms with Gasteiger partial charge in [-0.2, -0.15) is 0 Å². The highest BCUT2D eigenvalue weighted by molar-refractivity contribution is 7.17. The van der Waals surface area contributed by atoms with Crippen molar-refractivity contribution < 1.29 is 19.5 Å². The van der Waals surface area contributed by atoms with Crippen molar-refractivity contribution in [2.75, 3.05) is 31.1 Å². The van der Waals surface area contributed by atoms with Crippen molar-refractivity contribution in [3.63, 3.8) is 0 Å². The Morgan fingerprint density at radius 1 is 1.28 bits per heavy atom. The number of nitrogens with zero attached hydrogens (tertiary/aromatic N) is 3. The summed E-state index contributed by atoms with van der Waals surface area (Å²) in [6.45, 7) is 2.49. The van der Waals surface area contributed by atoms with E-state index in [0.717, 1.165) is 30.6 Å². The molecular weight excluding hydrogens is 342 g/mol. The zero-order chi connectivity index (χ0) is 17.6. The maximum absolute atomic E-state index is 13.2. The Morgan fingerprint density at radius 2 is 2.04 bits per heavy atom. The zero-order valence-electron chi connectivity index (χ0n) is 13.9. The smallest absolute Gasteiger partial charge is 0.347 e. The number of carbonyl (C=O) groups excluding carboxylic acids is 2. The summed E-state index contributed by atoms with van der Waals surface area (Å²) in [5, 5.41) is 9.70. The standard InChI is InChI=1S/C17H21N3O4S/c21-12-8-11-2-1-3-17(11,9-12)15(24)19-4-6-20(7-5-19)16-18-10-13(25-16)14(22)23/h10-11H,1-9H2,(H,22,23)/t11-,17-/m0/s1. The second kappa shape index (κ2) is 6.09. The number of ketones is 1. The van der Waals surface area contributed by atoms with Gasteiger partial charge in [0.15, 0.2) is 5.13 Å². The predicted octanol–water partition coefficient (Wildman–Crippen LogP) is 1.64. The number of anilines is 1. The number of Topliss-reactive ketones (excluding diaryl/α,β-unsaturated/α-hetero) is 1. The van der Waals surface area contributed by atoms with E-state index in [4.69, 9.17) is 5.11 Å². The Labute approximate surface area is 149 Å². The third-order valence-corrected chi connectivity index (χ3v) is 6.96. The average molecular weight is 363 g/mol. The molecule has 0 unspecified atom stereocenters. The number of piperazine rings is 1. The number of hydrogen-bond donors (Lipinski definition) is 1. The molecule has 7 nitrogen and oxygen atoms in total. The Morgan fingerprint density at radius 3 is 2.72 bits per heavy atom. The largest absolute Gasteiger partial charge is 0.477 e. The highest BCUT2D eigenvalue weighted by Gasteiger charge is 2.56. The van der Waals surface area contributed by atoms with E-state index in [0.29, 0.717) is 44.2 Å². The third kappa shape index (κ3) is 2.72. The monoisotopic (exact) mass is 363 g/mol. The van der Waals surface area contributed by atoms with E-state index in [2.05, 4.69) is 4.98 Å². The van der Waals surface area contributed by atoms with E-state index in [1.54, 1.807) is 0 Å². The minimum atomic E-state index is -0.963. The number of carbonyl (C=O) groups is 3. The molecule has 2 atom stereocenters. The first-order chi connectivity index (χ1) is 12.0. The fraction of sp³-hybridized carbons (Fsp3) is 0.647. The van der Waals surface area contributed by atoms with Gasteiger partial charge in [-0.25, -0.2) is 9.78 Å². The number of hydrogen-bond acceptors (Lipinski definition) is 6. The summed E-state index contributed by atoms with van der Waals surface area (Å²) in [7, 11) is 0. The van der Waals surface area contributed by atoms with Gasteiger partial charge in [-0.05, 0) is 18.8 Å². The van der Waals surface area contributed by atoms with Crippen LogP contribution in [-0.4, -0.2) is 58.8 Å². The lowest BCUT2D eigenvalue weighted by Gasteiger charge is -2.39. The molecule has 1 amide bonds. The van der Waals surface area contributed by atoms with Crippen LogP contribution in [0.2, 0.25) is 0 Å². The van der Waals surface area contributed by atoms with Crippen LogP contribution in [0.5, 0.6) is 0 Å². The van der Waals surface area contributed by atoms with E-state index in [1.165, 1.54) is 6.20 Å². The summed E-state index contributed by atoms with van der Waals surface area (Å²) < 4.78 is 0. The molecule has 1 aliphatic heterocycles. The van der Waals surface area contributed by atoms with Crippen LogP contribution in [0.4, 0.5) is 5.13 Å². The lowest BCUT2D eigenvalue weighted by molar-refractivity contribution is -0.144. The third-order valence-electron chi connectivity index (χ3n) is 5.91. The first-order valence-corrected chi connectivity index (χ1v) is 9.56. The lowest BCUT2D eigenvalue weighted by atomic mass is 9.79. The van der Waals surface area contributed by atoms with Crippen LogP contribution in [0, 0.1) is 11.3 Å². The van der Waals surface area contributed by atoms with Crippen LogP contribution in [0.25, 0.3) is 0 Å². The molecule has 2 saturated carbocycles. The SMILES string of the molecule is O=C1C[C@@H]2CCC[C@]2(C(=O)N2CCN(c3ncc(C(=O)O)s3)CC2)C1. The zero-order valence-corrected chi connectivity index (χ0v) is 14.8. The number of rotatable bonds is 3. The van der Waals surface area contributed by atoms with Gasteiger partial charge in [-0.1, -0.05) is 17.8 Å². The molecule has 3 aliphatic rings. The van der Waals surface area contributed by atoms with E-state index >= 15 is 0 Å². The molecule has 1 aromatic heterocycles. The van der Waals surface area contributed by atoms with Crippen molar-refractivity contribution in [3.05, 3.63) is 11.1 Å². The molecule has 0 spiro atoms. The molecule has 1 saturated heterocycles. The minimum absolute atomic E-state index is 0.158. The van der Waals surface area contributed by atoms with Crippen molar-refractivity contribution >= 4 is 34.1 Å². The van der Waals surface area contributed by atoms with E-state index in [-0.39, 0.29) is 22.5 Å². The summed E-state index contributed by atoms with van der Waals surface area (Å²) in [6, 6.07) is 0. The van der Waals surface area contributed by atoms with Crippen LogP contribution in [-0.2, 0) is 9.59 Å². The topological polar surface area (TPSA) is 90.8 Å². The van der Waals surface area contributed by atoms with Gasteiger partial charge in [0.05, 0.1) is 11.6 Å². The Kier molecular flexibility index (Phi) is 4.02. The second-order valence-corrected chi connectivity index (χ2v) is 8.27. The molecule has 2 aliphatic carbocycles. The van der Waals surface area contributed by atoms with Crippen LogP contribution < -0.4 is 4.90 Å². The van der Waals surface area contributed by atoms with Crippen LogP contribution >= 0.6 is 11.3 Å². The molecule has 134 valence electrons. The number of thiazole rings is 1. The van der Waals surface area contributed by atoms with Gasteiger partial charge in [-0.3, -0.25) is 9.59 Å². The van der Waals surface area contributed by atoms with E-state index in [1.807, 2.05) is 9.80 Å². The van der Waals surface area contributed by atoms with Gasteiger partial charge in [0.1, 0.15) is 10.7 Å². The molecule has 1 aromatic rings. The lowest BCUT2D eigenvalue weighted by Crippen LogP contribution is -2.53. The van der Waals surface area contributed by atoms with Gasteiger partial charge in [-0.15, -0.1) is 0 Å². The molecule has 25 heavy (non-hydrogen) atoms. The summed E-state index contributed by atoms with van der Waals surface area (Å²) in [5.74, 6) is -0.330. The average Bonchev–Trinajstić information content (AvgIpc) is 3.28.